The molecule has 24 heavy (non-hydrogen) atoms. The fourth-order valence-corrected chi connectivity index (χ4v) is 2.91. The lowest BCUT2D eigenvalue weighted by Gasteiger charge is -2.04. The number of carbonyl (C=O) groups is 1. The molecule has 3 aromatic rings. The maximum atomic E-state index is 12.5. The molecule has 0 spiro atoms. The summed E-state index contributed by atoms with van der Waals surface area (Å²) in [5.74, 6) is -0.167. The number of nitrogens with one attached hydrogen (secondary N) is 2. The summed E-state index contributed by atoms with van der Waals surface area (Å²) in [7, 11) is 0. The molecule has 0 fully saturated rings. The molecular weight excluding hydrogens is 320 g/mol. The number of rotatable bonds is 5. The number of pyridine rings is 1. The second-order valence-electron chi connectivity index (χ2n) is 5.41. The number of aromatic amines is 1. The Morgan fingerprint density at radius 2 is 1.96 bits per heavy atom. The number of aryl methyl sites for hydroxylation is 1. The lowest BCUT2D eigenvalue weighted by atomic mass is 10.2. The molecule has 1 aromatic carbocycles. The zero-order valence-electron chi connectivity index (χ0n) is 13.3. The Morgan fingerprint density at radius 3 is 2.67 bits per heavy atom. The SMILES string of the molecule is Cc1[nH]n(-c2ccccc2)c(=S)c1C(=O)NCCc1ccccn1. The minimum Gasteiger partial charge on any atom is -0.351 e. The molecule has 0 atom stereocenters. The summed E-state index contributed by atoms with van der Waals surface area (Å²) >= 11 is 5.47. The Balaban J connectivity index is 1.74. The third-order valence-corrected chi connectivity index (χ3v) is 4.09. The van der Waals surface area contributed by atoms with Crippen LogP contribution in [0.3, 0.4) is 0 Å². The van der Waals surface area contributed by atoms with E-state index < -0.39 is 0 Å². The van der Waals surface area contributed by atoms with Crippen LogP contribution in [0, 0.1) is 11.6 Å². The molecule has 0 aliphatic rings. The van der Waals surface area contributed by atoms with E-state index in [-0.39, 0.29) is 5.91 Å². The molecule has 0 aliphatic heterocycles. The molecule has 3 rings (SSSR count). The van der Waals surface area contributed by atoms with Crippen LogP contribution < -0.4 is 5.32 Å². The maximum absolute atomic E-state index is 12.5. The Labute approximate surface area is 145 Å². The zero-order valence-corrected chi connectivity index (χ0v) is 14.1. The first-order valence-corrected chi connectivity index (χ1v) is 8.13. The van der Waals surface area contributed by atoms with Crippen molar-refractivity contribution in [1.82, 2.24) is 20.1 Å². The number of H-pyrrole nitrogens is 1. The standard InChI is InChI=1S/C18H18N4OS/c1-13-16(17(23)20-12-10-14-7-5-6-11-19-14)18(24)22(21-13)15-8-3-2-4-9-15/h2-9,11,21H,10,12H2,1H3,(H,20,23). The fourth-order valence-electron chi connectivity index (χ4n) is 2.51. The predicted molar refractivity (Wildman–Crippen MR) is 96.0 cm³/mol. The molecule has 0 saturated carbocycles. The molecule has 0 bridgehead atoms. The van der Waals surface area contributed by atoms with E-state index in [0.717, 1.165) is 17.1 Å². The summed E-state index contributed by atoms with van der Waals surface area (Å²) in [6, 6.07) is 15.4. The van der Waals surface area contributed by atoms with Crippen LogP contribution in [0.2, 0.25) is 0 Å². The Morgan fingerprint density at radius 1 is 1.21 bits per heavy atom. The van der Waals surface area contributed by atoms with Crippen molar-refractivity contribution in [1.29, 1.82) is 0 Å². The monoisotopic (exact) mass is 338 g/mol. The van der Waals surface area contributed by atoms with Crippen LogP contribution in [-0.2, 0) is 6.42 Å². The van der Waals surface area contributed by atoms with Gasteiger partial charge in [0.1, 0.15) is 4.64 Å². The third kappa shape index (κ3) is 3.44. The van der Waals surface area contributed by atoms with Crippen molar-refractivity contribution in [2.75, 3.05) is 6.54 Å². The lowest BCUT2D eigenvalue weighted by molar-refractivity contribution is 0.0953. The Hall–Kier alpha value is -2.73. The largest absolute Gasteiger partial charge is 0.351 e. The Bertz CT molecular complexity index is 884. The third-order valence-electron chi connectivity index (χ3n) is 3.71. The van der Waals surface area contributed by atoms with E-state index in [0.29, 0.717) is 23.2 Å². The number of carbonyl (C=O) groups excluding carboxylic acids is 1. The number of benzene rings is 1. The van der Waals surface area contributed by atoms with Gasteiger partial charge in [-0.1, -0.05) is 36.5 Å². The van der Waals surface area contributed by atoms with E-state index in [1.165, 1.54) is 0 Å². The maximum Gasteiger partial charge on any atom is 0.256 e. The van der Waals surface area contributed by atoms with E-state index in [9.17, 15) is 4.79 Å². The minimum absolute atomic E-state index is 0.167. The summed E-state index contributed by atoms with van der Waals surface area (Å²) in [6.45, 7) is 2.36. The molecule has 0 saturated heterocycles. The van der Waals surface area contributed by atoms with Crippen molar-refractivity contribution in [3.05, 3.63) is 76.3 Å². The van der Waals surface area contributed by atoms with Gasteiger partial charge in [-0.05, 0) is 31.2 Å². The number of hydrogen-bond donors (Lipinski definition) is 2. The molecule has 0 radical (unpaired) electrons. The second kappa shape index (κ2) is 7.23. The highest BCUT2D eigenvalue weighted by Crippen LogP contribution is 2.14. The van der Waals surface area contributed by atoms with Gasteiger partial charge < -0.3 is 5.32 Å². The van der Waals surface area contributed by atoms with E-state index in [2.05, 4.69) is 15.4 Å². The van der Waals surface area contributed by atoms with Gasteiger partial charge in [-0.15, -0.1) is 0 Å². The van der Waals surface area contributed by atoms with Gasteiger partial charge in [0.2, 0.25) is 0 Å². The smallest absolute Gasteiger partial charge is 0.256 e. The topological polar surface area (TPSA) is 62.7 Å². The first-order valence-electron chi connectivity index (χ1n) is 7.72. The van der Waals surface area contributed by atoms with Gasteiger partial charge in [-0.2, -0.15) is 0 Å². The van der Waals surface area contributed by atoms with Crippen LogP contribution in [-0.4, -0.2) is 27.2 Å². The highest BCUT2D eigenvalue weighted by atomic mass is 32.1. The first-order chi connectivity index (χ1) is 11.7. The summed E-state index contributed by atoms with van der Waals surface area (Å²) in [5.41, 5.74) is 3.11. The lowest BCUT2D eigenvalue weighted by Crippen LogP contribution is -2.26. The average Bonchev–Trinajstić information content (AvgIpc) is 2.91. The molecule has 2 heterocycles. The van der Waals surface area contributed by atoms with Gasteiger partial charge in [0, 0.05) is 30.6 Å². The van der Waals surface area contributed by atoms with Gasteiger partial charge in [0.15, 0.2) is 0 Å². The molecule has 2 aromatic heterocycles. The zero-order chi connectivity index (χ0) is 16.9. The minimum atomic E-state index is -0.167. The van der Waals surface area contributed by atoms with Gasteiger partial charge in [-0.3, -0.25) is 14.9 Å². The number of amides is 1. The summed E-state index contributed by atoms with van der Waals surface area (Å²) < 4.78 is 2.23. The fraction of sp³-hybridized carbons (Fsp3) is 0.167. The molecule has 0 aliphatic carbocycles. The molecule has 5 nitrogen and oxygen atoms in total. The summed E-state index contributed by atoms with van der Waals surface area (Å²) in [5, 5.41) is 6.07. The van der Waals surface area contributed by atoms with Crippen molar-refractivity contribution in [3.8, 4) is 5.69 Å². The number of para-hydroxylation sites is 1. The van der Waals surface area contributed by atoms with E-state index in [4.69, 9.17) is 12.2 Å². The highest BCUT2D eigenvalue weighted by molar-refractivity contribution is 7.71. The normalized spacial score (nSPS) is 10.5. The van der Waals surface area contributed by atoms with Crippen molar-refractivity contribution in [2.24, 2.45) is 0 Å². The van der Waals surface area contributed by atoms with Crippen molar-refractivity contribution in [3.63, 3.8) is 0 Å². The van der Waals surface area contributed by atoms with E-state index in [1.807, 2.05) is 55.5 Å². The number of aromatic nitrogens is 3. The predicted octanol–water partition coefficient (Wildman–Crippen LogP) is 3.21. The quantitative estimate of drug-likeness (QED) is 0.702. The van der Waals surface area contributed by atoms with Gasteiger partial charge in [0.05, 0.1) is 11.3 Å². The van der Waals surface area contributed by atoms with Crippen LogP contribution in [0.1, 0.15) is 21.7 Å². The summed E-state index contributed by atoms with van der Waals surface area (Å²) in [6.07, 6.45) is 2.43. The molecular formula is C18H18N4OS. The van der Waals surface area contributed by atoms with E-state index in [1.54, 1.807) is 10.9 Å². The Kier molecular flexibility index (Phi) is 4.86. The molecule has 122 valence electrons. The molecule has 1 amide bonds. The van der Waals surface area contributed by atoms with Crippen LogP contribution in [0.4, 0.5) is 0 Å². The van der Waals surface area contributed by atoms with Crippen molar-refractivity contribution >= 4 is 18.1 Å². The van der Waals surface area contributed by atoms with Crippen LogP contribution >= 0.6 is 12.2 Å². The first kappa shape index (κ1) is 16.1. The molecule has 0 unspecified atom stereocenters. The average molecular weight is 338 g/mol. The van der Waals surface area contributed by atoms with Crippen molar-refractivity contribution < 1.29 is 4.79 Å². The number of nitrogens with zero attached hydrogens (tertiary/aromatic N) is 2. The van der Waals surface area contributed by atoms with Gasteiger partial charge in [-0.25, -0.2) is 4.68 Å². The van der Waals surface area contributed by atoms with E-state index >= 15 is 0 Å². The highest BCUT2D eigenvalue weighted by Gasteiger charge is 2.16. The van der Waals surface area contributed by atoms with Gasteiger partial charge >= 0.3 is 0 Å². The molecule has 2 N–H and O–H groups in total. The second-order valence-corrected chi connectivity index (χ2v) is 5.80. The number of hydrogen-bond acceptors (Lipinski definition) is 3. The summed E-state index contributed by atoms with van der Waals surface area (Å²) in [4.78, 5) is 16.7. The van der Waals surface area contributed by atoms with Crippen LogP contribution in [0.5, 0.6) is 0 Å². The van der Waals surface area contributed by atoms with Crippen LogP contribution in [0.15, 0.2) is 54.7 Å². The molecule has 6 heteroatoms. The van der Waals surface area contributed by atoms with Crippen LogP contribution in [0.25, 0.3) is 5.69 Å². The van der Waals surface area contributed by atoms with Crippen molar-refractivity contribution in [2.45, 2.75) is 13.3 Å². The van der Waals surface area contributed by atoms with Gasteiger partial charge in [0.25, 0.3) is 5.91 Å².